The number of rotatable bonds is 1. The summed E-state index contributed by atoms with van der Waals surface area (Å²) in [6, 6.07) is 4.20. The standard InChI is InChI=1S/C13H16O2S/c1-13(2,3)12-5-4-11(16-12)10-8-9(14)6-7-15-10/h4-7,10H,8H2,1-3H3. The van der Waals surface area contributed by atoms with Crippen LogP contribution in [0.1, 0.15) is 43.1 Å². The van der Waals surface area contributed by atoms with Crippen LogP contribution in [0.5, 0.6) is 0 Å². The first-order valence-corrected chi connectivity index (χ1v) is 6.23. The average Bonchev–Trinajstić information content (AvgIpc) is 2.65. The van der Waals surface area contributed by atoms with Gasteiger partial charge in [0.2, 0.25) is 0 Å². The van der Waals surface area contributed by atoms with Gasteiger partial charge in [0.05, 0.1) is 12.7 Å². The molecule has 0 radical (unpaired) electrons. The van der Waals surface area contributed by atoms with Crippen LogP contribution in [0, 0.1) is 0 Å². The van der Waals surface area contributed by atoms with E-state index in [4.69, 9.17) is 4.74 Å². The maximum atomic E-state index is 11.3. The molecule has 0 aromatic carbocycles. The molecule has 1 atom stereocenters. The Morgan fingerprint density at radius 3 is 2.69 bits per heavy atom. The second kappa shape index (κ2) is 4.06. The minimum atomic E-state index is -0.0846. The fourth-order valence-electron chi connectivity index (χ4n) is 1.61. The Morgan fingerprint density at radius 1 is 1.38 bits per heavy atom. The molecule has 0 saturated heterocycles. The number of carbonyl (C=O) groups excluding carboxylic acids is 1. The zero-order valence-corrected chi connectivity index (χ0v) is 10.6. The Morgan fingerprint density at radius 2 is 2.12 bits per heavy atom. The minimum Gasteiger partial charge on any atom is -0.492 e. The van der Waals surface area contributed by atoms with Crippen molar-refractivity contribution in [1.29, 1.82) is 0 Å². The molecule has 2 rings (SSSR count). The van der Waals surface area contributed by atoms with E-state index in [1.54, 1.807) is 11.3 Å². The fourth-order valence-corrected chi connectivity index (χ4v) is 2.71. The summed E-state index contributed by atoms with van der Waals surface area (Å²) in [5.74, 6) is 0.141. The third-order valence-corrected chi connectivity index (χ3v) is 4.17. The molecule has 0 N–H and O–H groups in total. The highest BCUT2D eigenvalue weighted by atomic mass is 32.1. The molecule has 0 amide bonds. The number of thiophene rings is 1. The van der Waals surface area contributed by atoms with Crippen molar-refractivity contribution < 1.29 is 9.53 Å². The summed E-state index contributed by atoms with van der Waals surface area (Å²) >= 11 is 1.74. The number of allylic oxidation sites excluding steroid dienone is 1. The number of ether oxygens (including phenoxy) is 1. The molecule has 0 saturated carbocycles. The minimum absolute atomic E-state index is 0.0846. The van der Waals surface area contributed by atoms with Crippen LogP contribution in [0.15, 0.2) is 24.5 Å². The van der Waals surface area contributed by atoms with Gasteiger partial charge in [-0.15, -0.1) is 11.3 Å². The average molecular weight is 236 g/mol. The quantitative estimate of drug-likeness (QED) is 0.745. The molecule has 0 spiro atoms. The summed E-state index contributed by atoms with van der Waals surface area (Å²) in [4.78, 5) is 13.8. The largest absolute Gasteiger partial charge is 0.492 e. The van der Waals surface area contributed by atoms with Crippen LogP contribution in [0.4, 0.5) is 0 Å². The summed E-state index contributed by atoms with van der Waals surface area (Å²) in [5.41, 5.74) is 0.164. The maximum Gasteiger partial charge on any atom is 0.162 e. The summed E-state index contributed by atoms with van der Waals surface area (Å²) in [5, 5.41) is 0. The molecular weight excluding hydrogens is 220 g/mol. The highest BCUT2D eigenvalue weighted by Crippen LogP contribution is 2.35. The lowest BCUT2D eigenvalue weighted by Gasteiger charge is -2.18. The number of ketones is 1. The molecule has 1 aromatic heterocycles. The summed E-state index contributed by atoms with van der Waals surface area (Å²) in [6.45, 7) is 6.57. The normalized spacial score (nSPS) is 20.9. The van der Waals surface area contributed by atoms with Crippen molar-refractivity contribution in [3.05, 3.63) is 34.2 Å². The lowest BCUT2D eigenvalue weighted by molar-refractivity contribution is -0.118. The van der Waals surface area contributed by atoms with Gasteiger partial charge in [-0.2, -0.15) is 0 Å². The van der Waals surface area contributed by atoms with Gasteiger partial charge >= 0.3 is 0 Å². The first kappa shape index (κ1) is 11.4. The summed E-state index contributed by atoms with van der Waals surface area (Å²) in [7, 11) is 0. The number of hydrogen-bond acceptors (Lipinski definition) is 3. The topological polar surface area (TPSA) is 26.3 Å². The van der Waals surface area contributed by atoms with Gasteiger partial charge < -0.3 is 4.74 Å². The summed E-state index contributed by atoms with van der Waals surface area (Å²) in [6.07, 6.45) is 3.38. The van der Waals surface area contributed by atoms with E-state index in [-0.39, 0.29) is 17.3 Å². The van der Waals surface area contributed by atoms with E-state index in [1.165, 1.54) is 17.2 Å². The van der Waals surface area contributed by atoms with Gasteiger partial charge in [0.25, 0.3) is 0 Å². The molecule has 2 nitrogen and oxygen atoms in total. The van der Waals surface area contributed by atoms with Crippen molar-refractivity contribution in [2.24, 2.45) is 0 Å². The van der Waals surface area contributed by atoms with Crippen molar-refractivity contribution in [3.63, 3.8) is 0 Å². The van der Waals surface area contributed by atoms with Crippen LogP contribution in [0.3, 0.4) is 0 Å². The van der Waals surface area contributed by atoms with Crippen molar-refractivity contribution in [3.8, 4) is 0 Å². The van der Waals surface area contributed by atoms with Gasteiger partial charge in [-0.3, -0.25) is 4.79 Å². The Hall–Kier alpha value is -1.09. The molecule has 1 unspecified atom stereocenters. The Labute approximate surface area is 99.9 Å². The molecule has 2 heterocycles. The lowest BCUT2D eigenvalue weighted by atomic mass is 9.95. The zero-order chi connectivity index (χ0) is 11.8. The van der Waals surface area contributed by atoms with Gasteiger partial charge in [0.15, 0.2) is 5.78 Å². The third-order valence-electron chi connectivity index (χ3n) is 2.57. The smallest absolute Gasteiger partial charge is 0.162 e. The second-order valence-corrected chi connectivity index (χ2v) is 6.17. The number of carbonyl (C=O) groups is 1. The monoisotopic (exact) mass is 236 g/mol. The molecule has 0 aliphatic carbocycles. The van der Waals surface area contributed by atoms with E-state index in [9.17, 15) is 4.79 Å². The molecule has 3 heteroatoms. The van der Waals surface area contributed by atoms with E-state index in [2.05, 4.69) is 32.9 Å². The fraction of sp³-hybridized carbons (Fsp3) is 0.462. The molecule has 0 fully saturated rings. The van der Waals surface area contributed by atoms with Crippen LogP contribution >= 0.6 is 11.3 Å². The van der Waals surface area contributed by atoms with Gasteiger partial charge in [0, 0.05) is 15.8 Å². The van der Waals surface area contributed by atoms with Crippen LogP contribution in [0.25, 0.3) is 0 Å². The van der Waals surface area contributed by atoms with E-state index >= 15 is 0 Å². The van der Waals surface area contributed by atoms with Crippen molar-refractivity contribution in [2.75, 3.05) is 0 Å². The van der Waals surface area contributed by atoms with Crippen molar-refractivity contribution in [2.45, 2.75) is 38.7 Å². The van der Waals surface area contributed by atoms with Gasteiger partial charge in [-0.05, 0) is 17.5 Å². The molecule has 1 aliphatic heterocycles. The van der Waals surface area contributed by atoms with Crippen molar-refractivity contribution >= 4 is 17.1 Å². The molecule has 0 bridgehead atoms. The van der Waals surface area contributed by atoms with E-state index in [0.717, 1.165) is 4.88 Å². The Bertz CT molecular complexity index is 423. The Kier molecular flexibility index (Phi) is 2.89. The van der Waals surface area contributed by atoms with E-state index in [0.29, 0.717) is 6.42 Å². The second-order valence-electron chi connectivity index (χ2n) is 5.05. The van der Waals surface area contributed by atoms with Crippen LogP contribution in [-0.4, -0.2) is 5.78 Å². The first-order valence-electron chi connectivity index (χ1n) is 5.42. The highest BCUT2D eigenvalue weighted by molar-refractivity contribution is 7.12. The molecule has 1 aromatic rings. The lowest BCUT2D eigenvalue weighted by Crippen LogP contribution is -2.10. The maximum absolute atomic E-state index is 11.3. The molecule has 86 valence electrons. The van der Waals surface area contributed by atoms with Gasteiger partial charge in [-0.25, -0.2) is 0 Å². The third kappa shape index (κ3) is 2.35. The van der Waals surface area contributed by atoms with Gasteiger partial charge in [0.1, 0.15) is 6.10 Å². The molecule has 16 heavy (non-hydrogen) atoms. The first-order chi connectivity index (χ1) is 7.47. The van der Waals surface area contributed by atoms with Crippen LogP contribution in [-0.2, 0) is 14.9 Å². The van der Waals surface area contributed by atoms with Crippen LogP contribution < -0.4 is 0 Å². The number of hydrogen-bond donors (Lipinski definition) is 0. The van der Waals surface area contributed by atoms with Crippen LogP contribution in [0.2, 0.25) is 0 Å². The summed E-state index contributed by atoms with van der Waals surface area (Å²) < 4.78 is 5.47. The zero-order valence-electron chi connectivity index (χ0n) is 9.82. The predicted octanol–water partition coefficient (Wildman–Crippen LogP) is 3.59. The SMILES string of the molecule is CC(C)(C)c1ccc(C2CC(=O)C=CO2)s1. The highest BCUT2D eigenvalue weighted by Gasteiger charge is 2.23. The van der Waals surface area contributed by atoms with E-state index < -0.39 is 0 Å². The predicted molar refractivity (Wildman–Crippen MR) is 65.6 cm³/mol. The molecular formula is C13H16O2S. The van der Waals surface area contributed by atoms with Crippen molar-refractivity contribution in [1.82, 2.24) is 0 Å². The van der Waals surface area contributed by atoms with E-state index in [1.807, 2.05) is 0 Å². The van der Waals surface area contributed by atoms with Gasteiger partial charge in [-0.1, -0.05) is 20.8 Å². The molecule has 1 aliphatic rings. The Balaban J connectivity index is 2.19.